The molecule has 320 valence electrons. The van der Waals surface area contributed by atoms with Gasteiger partial charge in [-0.25, -0.2) is 0 Å². The summed E-state index contributed by atoms with van der Waals surface area (Å²) in [5.41, 5.74) is 0.303. The smallest absolute Gasteiger partial charge is 0.242 e. The summed E-state index contributed by atoms with van der Waals surface area (Å²) >= 11 is 0. The van der Waals surface area contributed by atoms with Crippen LogP contribution in [0.25, 0.3) is 0 Å². The first-order valence-electron chi connectivity index (χ1n) is 22.4. The number of carbonyl (C=O) groups excluding carboxylic acids is 3. The van der Waals surface area contributed by atoms with Gasteiger partial charge in [0.1, 0.15) is 18.2 Å². The van der Waals surface area contributed by atoms with Crippen LogP contribution in [0.15, 0.2) is 0 Å². The Labute approximate surface area is 337 Å². The average molecular weight is 788 g/mol. The Hall–Kier alpha value is -1.83. The van der Waals surface area contributed by atoms with E-state index in [9.17, 15) is 24.6 Å². The first-order chi connectivity index (χ1) is 26.7. The van der Waals surface area contributed by atoms with Crippen LogP contribution in [0.5, 0.6) is 0 Å². The zero-order chi connectivity index (χ0) is 40.5. The highest BCUT2D eigenvalue weighted by molar-refractivity contribution is 5.88. The van der Waals surface area contributed by atoms with Gasteiger partial charge in [0.25, 0.3) is 0 Å². The molecule has 5 N–H and O–H groups in total. The van der Waals surface area contributed by atoms with Crippen LogP contribution in [-0.4, -0.2) is 122 Å². The summed E-state index contributed by atoms with van der Waals surface area (Å²) in [5, 5.41) is 32.7. The molecule has 0 radical (unpaired) electrons. The zero-order valence-corrected chi connectivity index (χ0v) is 35.9. The first kappa shape index (κ1) is 43.7. The molecule has 0 aromatic heterocycles. The van der Waals surface area contributed by atoms with Crippen LogP contribution >= 0.6 is 0 Å². The molecule has 6 unspecified atom stereocenters. The van der Waals surface area contributed by atoms with E-state index in [0.717, 1.165) is 57.8 Å². The van der Waals surface area contributed by atoms with Crippen molar-refractivity contribution in [3.05, 3.63) is 0 Å². The number of aliphatic hydroxyl groups is 2. The number of carbonyl (C=O) groups is 3. The summed E-state index contributed by atoms with van der Waals surface area (Å²) in [6.45, 7) is 8.84. The Morgan fingerprint density at radius 2 is 1.71 bits per heavy atom. The van der Waals surface area contributed by atoms with E-state index >= 15 is 0 Å². The summed E-state index contributed by atoms with van der Waals surface area (Å²) in [4.78, 5) is 50.2. The van der Waals surface area contributed by atoms with Gasteiger partial charge in [-0.3, -0.25) is 19.2 Å². The van der Waals surface area contributed by atoms with Crippen molar-refractivity contribution < 1.29 is 34.2 Å². The number of hydrogen-bond donors (Lipinski definition) is 5. The topological polar surface area (TPSA) is 153 Å². The number of methoxy groups -OCH3 is 1. The molecular weight excluding hydrogens is 711 g/mol. The third kappa shape index (κ3) is 9.15. The Morgan fingerprint density at radius 3 is 2.32 bits per heavy atom. The Balaban J connectivity index is 1.16. The van der Waals surface area contributed by atoms with Crippen molar-refractivity contribution in [3.8, 4) is 0 Å². The molecule has 1 aliphatic heterocycles. The standard InChI is InChI=1S/C44H77N5O7/c1-25-34-21-31(44(34,3)4)22-35(25)46-43(54)39-38(26(2)51)37(24-50)56-49(39)23-28-15-12-16-33(40(28)55-8)29-18-30(20-32(19-29)48(6)7)41(52)47-36(42(53)45-5)17-27-13-10-9-11-14-27/h25-40,50-51H,9-24H2,1-8H3,(H,45,53)(H,46,54)(H,47,52)/t25-,26-,28?,29?,30?,31+,32?,33?,34-,35-,36-,37-,38+,39-,40?/m0/s1. The molecule has 7 aliphatic rings. The lowest BCUT2D eigenvalue weighted by atomic mass is 9.45. The lowest BCUT2D eigenvalue weighted by Crippen LogP contribution is -2.62. The molecule has 6 saturated carbocycles. The zero-order valence-electron chi connectivity index (χ0n) is 35.9. The number of fused-ring (bicyclic) bond motifs is 2. The van der Waals surface area contributed by atoms with Crippen molar-refractivity contribution in [2.75, 3.05) is 41.4 Å². The van der Waals surface area contributed by atoms with E-state index in [2.05, 4.69) is 55.7 Å². The molecule has 1 heterocycles. The minimum Gasteiger partial charge on any atom is -0.394 e. The summed E-state index contributed by atoms with van der Waals surface area (Å²) in [5.74, 6) is 1.49. The molecule has 3 amide bonds. The monoisotopic (exact) mass is 788 g/mol. The summed E-state index contributed by atoms with van der Waals surface area (Å²) in [7, 11) is 7.63. The maximum Gasteiger partial charge on any atom is 0.242 e. The predicted octanol–water partition coefficient (Wildman–Crippen LogP) is 4.13. The van der Waals surface area contributed by atoms with Crippen molar-refractivity contribution >= 4 is 17.7 Å². The van der Waals surface area contributed by atoms with Gasteiger partial charge in [-0.05, 0) is 113 Å². The second kappa shape index (κ2) is 18.6. The second-order valence-corrected chi connectivity index (χ2v) is 20.0. The average Bonchev–Trinajstić information content (AvgIpc) is 3.56. The van der Waals surface area contributed by atoms with E-state index in [-0.39, 0.29) is 66.2 Å². The van der Waals surface area contributed by atoms with E-state index in [1.165, 1.54) is 25.7 Å². The van der Waals surface area contributed by atoms with Crippen LogP contribution in [0.1, 0.15) is 118 Å². The van der Waals surface area contributed by atoms with Crippen LogP contribution in [0.2, 0.25) is 0 Å². The van der Waals surface area contributed by atoms with Gasteiger partial charge in [-0.2, -0.15) is 5.06 Å². The predicted molar refractivity (Wildman–Crippen MR) is 216 cm³/mol. The highest BCUT2D eigenvalue weighted by Crippen LogP contribution is 2.61. The fourth-order valence-corrected chi connectivity index (χ4v) is 12.9. The number of ether oxygens (including phenoxy) is 1. The third-order valence-corrected chi connectivity index (χ3v) is 16.3. The number of likely N-dealkylation sites (N-methyl/N-ethyl adjacent to an activating group) is 1. The van der Waals surface area contributed by atoms with Gasteiger partial charge in [0.2, 0.25) is 17.7 Å². The van der Waals surface area contributed by atoms with Gasteiger partial charge in [-0.15, -0.1) is 0 Å². The van der Waals surface area contributed by atoms with Gasteiger partial charge < -0.3 is 35.8 Å². The van der Waals surface area contributed by atoms with E-state index in [4.69, 9.17) is 9.57 Å². The lowest BCUT2D eigenvalue weighted by molar-refractivity contribution is -0.193. The normalized spacial score (nSPS) is 40.0. The van der Waals surface area contributed by atoms with E-state index in [1.807, 2.05) is 0 Å². The summed E-state index contributed by atoms with van der Waals surface area (Å²) in [6, 6.07) is -0.941. The van der Waals surface area contributed by atoms with Crippen molar-refractivity contribution in [2.45, 2.75) is 160 Å². The molecular formula is C44H77N5O7. The molecule has 12 heteroatoms. The Bertz CT molecular complexity index is 1340. The molecule has 12 nitrogen and oxygen atoms in total. The number of hydroxylamine groups is 2. The number of rotatable bonds is 14. The van der Waals surface area contributed by atoms with Gasteiger partial charge >= 0.3 is 0 Å². The minimum atomic E-state index is -0.847. The molecule has 0 aromatic rings. The summed E-state index contributed by atoms with van der Waals surface area (Å²) in [6.07, 6.45) is 12.5. The number of aliphatic hydroxyl groups excluding tert-OH is 2. The molecule has 56 heavy (non-hydrogen) atoms. The third-order valence-electron chi connectivity index (χ3n) is 16.3. The molecule has 1 saturated heterocycles. The fourth-order valence-electron chi connectivity index (χ4n) is 12.9. The van der Waals surface area contributed by atoms with Gasteiger partial charge in [0.05, 0.1) is 18.8 Å². The SMILES string of the molecule is CNC(=O)[C@H](CC1CCCCC1)NC(=O)C1CC(C2CCCC(CN3O[C@@H](CO)[C@@H]([C@H](C)O)[C@H]3C(=O)N[C@H]3C[C@H]4C[C@@H]([C@@H]3C)C4(C)C)C2OC)CC(N(C)C)C1. The van der Waals surface area contributed by atoms with Crippen LogP contribution in [-0.2, 0) is 24.0 Å². The molecule has 15 atom stereocenters. The van der Waals surface area contributed by atoms with E-state index in [1.54, 1.807) is 26.1 Å². The highest BCUT2D eigenvalue weighted by Gasteiger charge is 2.58. The maximum atomic E-state index is 14.4. The van der Waals surface area contributed by atoms with Gasteiger partial charge in [0, 0.05) is 50.5 Å². The van der Waals surface area contributed by atoms with Crippen molar-refractivity contribution in [2.24, 2.45) is 58.7 Å². The van der Waals surface area contributed by atoms with Gasteiger partial charge in [-0.1, -0.05) is 59.3 Å². The molecule has 2 bridgehead atoms. The molecule has 7 fully saturated rings. The molecule has 0 spiro atoms. The quantitative estimate of drug-likeness (QED) is 0.175. The minimum absolute atomic E-state index is 0.0148. The highest BCUT2D eigenvalue weighted by atomic mass is 16.7. The van der Waals surface area contributed by atoms with Crippen molar-refractivity contribution in [3.63, 3.8) is 0 Å². The number of hydrogen-bond acceptors (Lipinski definition) is 9. The number of nitrogens with one attached hydrogen (secondary N) is 3. The summed E-state index contributed by atoms with van der Waals surface area (Å²) < 4.78 is 6.41. The van der Waals surface area contributed by atoms with Gasteiger partial charge in [0.15, 0.2) is 0 Å². The van der Waals surface area contributed by atoms with Crippen LogP contribution < -0.4 is 16.0 Å². The van der Waals surface area contributed by atoms with Crippen LogP contribution in [0.3, 0.4) is 0 Å². The lowest BCUT2D eigenvalue weighted by Gasteiger charge is -2.62. The maximum absolute atomic E-state index is 14.4. The molecule has 6 aliphatic carbocycles. The first-order valence-corrected chi connectivity index (χ1v) is 22.4. The van der Waals surface area contributed by atoms with E-state index < -0.39 is 30.2 Å². The van der Waals surface area contributed by atoms with E-state index in [0.29, 0.717) is 42.1 Å². The Morgan fingerprint density at radius 1 is 0.982 bits per heavy atom. The largest absolute Gasteiger partial charge is 0.394 e. The van der Waals surface area contributed by atoms with Crippen LogP contribution in [0, 0.1) is 58.7 Å². The van der Waals surface area contributed by atoms with Crippen molar-refractivity contribution in [1.29, 1.82) is 0 Å². The molecule has 7 rings (SSSR count). The fraction of sp³-hybridized carbons (Fsp3) is 0.932. The van der Waals surface area contributed by atoms with Crippen molar-refractivity contribution in [1.82, 2.24) is 25.9 Å². The number of nitrogens with zero attached hydrogens (tertiary/aromatic N) is 2. The second-order valence-electron chi connectivity index (χ2n) is 20.0. The number of amides is 3. The molecule has 0 aromatic carbocycles. The van der Waals surface area contributed by atoms with Crippen LogP contribution in [0.4, 0.5) is 0 Å². The Kier molecular flexibility index (Phi) is 14.5.